The van der Waals surface area contributed by atoms with Crippen molar-refractivity contribution in [2.75, 3.05) is 20.8 Å². The van der Waals surface area contributed by atoms with Gasteiger partial charge in [0.15, 0.2) is 5.92 Å². The van der Waals surface area contributed by atoms with Crippen molar-refractivity contribution in [1.29, 1.82) is 0 Å². The van der Waals surface area contributed by atoms with E-state index in [0.29, 0.717) is 0 Å². The molecule has 1 rings (SSSR count). The Balaban J connectivity index is 3.13. The summed E-state index contributed by atoms with van der Waals surface area (Å²) in [6.45, 7) is -0.650. The standard InChI is InChI=1S/C11H13NO7/c1-17-10(13)9(11(14)18-2)7(6-12(15)16)8-4-3-5-19-8/h3-5,7,9H,6H2,1-2H3/t7-/m1/s1. The Kier molecular flexibility index (Phi) is 5.04. The van der Waals surface area contributed by atoms with Crippen molar-refractivity contribution in [3.8, 4) is 0 Å². The number of hydrogen-bond donors (Lipinski definition) is 0. The Morgan fingerprint density at radius 2 is 1.95 bits per heavy atom. The van der Waals surface area contributed by atoms with Gasteiger partial charge in [0, 0.05) is 4.92 Å². The van der Waals surface area contributed by atoms with Gasteiger partial charge in [-0.25, -0.2) is 0 Å². The summed E-state index contributed by atoms with van der Waals surface area (Å²) in [7, 11) is 2.17. The second kappa shape index (κ2) is 6.53. The molecule has 0 saturated carbocycles. The van der Waals surface area contributed by atoms with Gasteiger partial charge in [-0.2, -0.15) is 0 Å². The molecule has 1 atom stereocenters. The normalized spacial score (nSPS) is 11.9. The molecule has 0 amide bonds. The van der Waals surface area contributed by atoms with E-state index in [1.165, 1.54) is 18.4 Å². The molecule has 8 nitrogen and oxygen atoms in total. The van der Waals surface area contributed by atoms with Crippen LogP contribution in [-0.4, -0.2) is 37.6 Å². The summed E-state index contributed by atoms with van der Waals surface area (Å²) in [4.78, 5) is 33.3. The van der Waals surface area contributed by atoms with Crippen LogP contribution >= 0.6 is 0 Å². The molecule has 0 aliphatic heterocycles. The van der Waals surface area contributed by atoms with Crippen LogP contribution in [0.25, 0.3) is 0 Å². The number of furan rings is 1. The molecule has 1 aromatic rings. The van der Waals surface area contributed by atoms with Crippen molar-refractivity contribution in [2.45, 2.75) is 5.92 Å². The van der Waals surface area contributed by atoms with E-state index in [1.807, 2.05) is 0 Å². The lowest BCUT2D eigenvalue weighted by Crippen LogP contribution is -2.35. The number of rotatable bonds is 6. The molecule has 8 heteroatoms. The van der Waals surface area contributed by atoms with Crippen LogP contribution in [0.3, 0.4) is 0 Å². The maximum absolute atomic E-state index is 11.6. The van der Waals surface area contributed by atoms with E-state index in [0.717, 1.165) is 14.2 Å². The predicted octanol–water partition coefficient (Wildman–Crippen LogP) is 0.602. The Hall–Kier alpha value is -2.38. The highest BCUT2D eigenvalue weighted by atomic mass is 16.6. The zero-order valence-corrected chi connectivity index (χ0v) is 10.4. The van der Waals surface area contributed by atoms with Gasteiger partial charge >= 0.3 is 11.9 Å². The second-order valence-corrected chi connectivity index (χ2v) is 3.66. The van der Waals surface area contributed by atoms with E-state index in [4.69, 9.17) is 4.42 Å². The topological polar surface area (TPSA) is 109 Å². The lowest BCUT2D eigenvalue weighted by Gasteiger charge is -2.18. The van der Waals surface area contributed by atoms with E-state index < -0.39 is 35.2 Å². The van der Waals surface area contributed by atoms with Gasteiger partial charge in [0.25, 0.3) is 0 Å². The summed E-state index contributed by atoms with van der Waals surface area (Å²) in [6, 6.07) is 2.96. The molecule has 0 unspecified atom stereocenters. The van der Waals surface area contributed by atoms with E-state index in [1.54, 1.807) is 0 Å². The first-order valence-electron chi connectivity index (χ1n) is 5.32. The van der Waals surface area contributed by atoms with Crippen LogP contribution < -0.4 is 0 Å². The molecule has 0 radical (unpaired) electrons. The molecule has 0 fully saturated rings. The SMILES string of the molecule is COC(=O)C(C(=O)OC)[C@H](C[N+](=O)[O-])c1ccco1. The van der Waals surface area contributed by atoms with Crippen LogP contribution in [0.1, 0.15) is 11.7 Å². The summed E-state index contributed by atoms with van der Waals surface area (Å²) in [5.41, 5.74) is 0. The summed E-state index contributed by atoms with van der Waals surface area (Å²) >= 11 is 0. The van der Waals surface area contributed by atoms with E-state index in [9.17, 15) is 19.7 Å². The second-order valence-electron chi connectivity index (χ2n) is 3.66. The molecule has 0 aliphatic rings. The molecule has 1 aromatic heterocycles. The van der Waals surface area contributed by atoms with Crippen molar-refractivity contribution in [3.05, 3.63) is 34.3 Å². The van der Waals surface area contributed by atoms with Crippen molar-refractivity contribution >= 4 is 11.9 Å². The molecule has 0 spiro atoms. The highest BCUT2D eigenvalue weighted by molar-refractivity contribution is 5.95. The predicted molar refractivity (Wildman–Crippen MR) is 60.8 cm³/mol. The van der Waals surface area contributed by atoms with Crippen molar-refractivity contribution in [2.24, 2.45) is 5.92 Å². The number of esters is 2. The minimum atomic E-state index is -1.44. The average Bonchev–Trinajstić information content (AvgIpc) is 2.90. The first-order valence-corrected chi connectivity index (χ1v) is 5.32. The van der Waals surface area contributed by atoms with Crippen LogP contribution in [0.4, 0.5) is 0 Å². The van der Waals surface area contributed by atoms with Gasteiger partial charge in [0.05, 0.1) is 20.5 Å². The number of carbonyl (C=O) groups excluding carboxylic acids is 2. The number of hydrogen-bond acceptors (Lipinski definition) is 7. The zero-order valence-electron chi connectivity index (χ0n) is 10.4. The van der Waals surface area contributed by atoms with Crippen LogP contribution in [-0.2, 0) is 19.1 Å². The molecule has 0 bridgehead atoms. The third-order valence-electron chi connectivity index (χ3n) is 2.57. The summed E-state index contributed by atoms with van der Waals surface area (Å²) in [5, 5.41) is 10.7. The summed E-state index contributed by atoms with van der Waals surface area (Å²) < 4.78 is 14.0. The molecule has 1 heterocycles. The quantitative estimate of drug-likeness (QED) is 0.322. The van der Waals surface area contributed by atoms with Gasteiger partial charge in [-0.3, -0.25) is 19.7 Å². The Bertz CT molecular complexity index is 438. The minimum Gasteiger partial charge on any atom is -0.469 e. The fourth-order valence-electron chi connectivity index (χ4n) is 1.70. The number of ether oxygens (including phenoxy) is 2. The Labute approximate surface area is 108 Å². The molecule has 0 N–H and O–H groups in total. The third-order valence-corrected chi connectivity index (χ3v) is 2.57. The molecule has 0 saturated heterocycles. The zero-order chi connectivity index (χ0) is 14.4. The van der Waals surface area contributed by atoms with Gasteiger partial charge in [0.2, 0.25) is 6.54 Å². The summed E-state index contributed by atoms with van der Waals surface area (Å²) in [5.74, 6) is -4.18. The number of carbonyl (C=O) groups is 2. The first kappa shape index (κ1) is 14.7. The fraction of sp³-hybridized carbons (Fsp3) is 0.455. The van der Waals surface area contributed by atoms with Gasteiger partial charge in [-0.1, -0.05) is 0 Å². The van der Waals surface area contributed by atoms with Crippen molar-refractivity contribution in [1.82, 2.24) is 0 Å². The van der Waals surface area contributed by atoms with Crippen LogP contribution in [0.15, 0.2) is 22.8 Å². The lowest BCUT2D eigenvalue weighted by atomic mass is 9.90. The minimum absolute atomic E-state index is 0.150. The van der Waals surface area contributed by atoms with Crippen molar-refractivity contribution in [3.63, 3.8) is 0 Å². The highest BCUT2D eigenvalue weighted by Crippen LogP contribution is 2.27. The van der Waals surface area contributed by atoms with Crippen LogP contribution in [0.5, 0.6) is 0 Å². The highest BCUT2D eigenvalue weighted by Gasteiger charge is 2.42. The molecule has 0 aliphatic carbocycles. The maximum Gasteiger partial charge on any atom is 0.321 e. The van der Waals surface area contributed by atoms with E-state index in [2.05, 4.69) is 9.47 Å². The average molecular weight is 271 g/mol. The maximum atomic E-state index is 11.6. The van der Waals surface area contributed by atoms with E-state index in [-0.39, 0.29) is 5.76 Å². The molecule has 104 valence electrons. The van der Waals surface area contributed by atoms with Gasteiger partial charge in [-0.05, 0) is 12.1 Å². The first-order chi connectivity index (χ1) is 9.01. The van der Waals surface area contributed by atoms with Gasteiger partial charge in [0.1, 0.15) is 11.7 Å². The number of nitrogens with zero attached hydrogens (tertiary/aromatic N) is 1. The largest absolute Gasteiger partial charge is 0.469 e. The Morgan fingerprint density at radius 3 is 2.32 bits per heavy atom. The van der Waals surface area contributed by atoms with Gasteiger partial charge < -0.3 is 13.9 Å². The van der Waals surface area contributed by atoms with E-state index >= 15 is 0 Å². The fourth-order valence-corrected chi connectivity index (χ4v) is 1.70. The number of nitro groups is 1. The monoisotopic (exact) mass is 271 g/mol. The number of methoxy groups -OCH3 is 2. The molecular weight excluding hydrogens is 258 g/mol. The van der Waals surface area contributed by atoms with Crippen LogP contribution in [0, 0.1) is 16.0 Å². The lowest BCUT2D eigenvalue weighted by molar-refractivity contribution is -0.484. The van der Waals surface area contributed by atoms with Crippen LogP contribution in [0.2, 0.25) is 0 Å². The summed E-state index contributed by atoms with van der Waals surface area (Å²) in [6.07, 6.45) is 1.30. The molecule has 0 aromatic carbocycles. The van der Waals surface area contributed by atoms with Crippen molar-refractivity contribution < 1.29 is 28.4 Å². The molecular formula is C11H13NO7. The van der Waals surface area contributed by atoms with Gasteiger partial charge in [-0.15, -0.1) is 0 Å². The third kappa shape index (κ3) is 3.54. The molecule has 19 heavy (non-hydrogen) atoms. The Morgan fingerprint density at radius 1 is 1.37 bits per heavy atom. The smallest absolute Gasteiger partial charge is 0.321 e.